The lowest BCUT2D eigenvalue weighted by Gasteiger charge is -2.20. The first-order valence-electron chi connectivity index (χ1n) is 6.31. The van der Waals surface area contributed by atoms with Gasteiger partial charge in [0.05, 0.1) is 0 Å². The molecule has 0 fully saturated rings. The second-order valence-electron chi connectivity index (χ2n) is 4.07. The van der Waals surface area contributed by atoms with Crippen LogP contribution in [0.1, 0.15) is 6.42 Å². The van der Waals surface area contributed by atoms with Crippen LogP contribution in [0.15, 0.2) is 60.7 Å². The molecule has 0 spiro atoms. The summed E-state index contributed by atoms with van der Waals surface area (Å²) in [6.45, 7) is 0.649. The molecule has 2 aromatic carbocycles. The van der Waals surface area contributed by atoms with Gasteiger partial charge in [0.2, 0.25) is 6.29 Å². The van der Waals surface area contributed by atoms with Crippen LogP contribution in [0.4, 0.5) is 0 Å². The van der Waals surface area contributed by atoms with E-state index >= 15 is 0 Å². The Labute approximate surface area is 116 Å². The maximum atomic E-state index is 5.83. The Kier molecular flexibility index (Phi) is 5.46. The van der Waals surface area contributed by atoms with Gasteiger partial charge in [-0.3, -0.25) is 0 Å². The summed E-state index contributed by atoms with van der Waals surface area (Å²) in [5.74, 6) is 1.61. The van der Waals surface area contributed by atoms with E-state index in [-0.39, 0.29) is 6.29 Å². The van der Waals surface area contributed by atoms with Gasteiger partial charge in [-0.1, -0.05) is 36.4 Å². The normalized spacial score (nSPS) is 10.6. The van der Waals surface area contributed by atoms with Gasteiger partial charge in [-0.05, 0) is 24.3 Å². The first-order chi connectivity index (χ1) is 9.38. The molecule has 0 bridgehead atoms. The van der Waals surface area contributed by atoms with Crippen LogP contribution in [0.25, 0.3) is 0 Å². The Morgan fingerprint density at radius 2 is 1.26 bits per heavy atom. The van der Waals surface area contributed by atoms with Gasteiger partial charge >= 0.3 is 0 Å². The van der Waals surface area contributed by atoms with Gasteiger partial charge in [0, 0.05) is 13.0 Å². The predicted molar refractivity (Wildman–Crippen MR) is 78.4 cm³/mol. The molecule has 19 heavy (non-hydrogen) atoms. The predicted octanol–water partition coefficient (Wildman–Crippen LogP) is 2.16. The molecule has 0 aliphatic rings. The van der Waals surface area contributed by atoms with E-state index in [2.05, 4.69) is 0 Å². The standard InChI is InChI=1S/C15H18O3Si/c19-16-12-11-15(17-13-7-3-1-4-8-13)18-14-9-5-2-6-10-14/h1-10,15H,11-12H2,19H3. The van der Waals surface area contributed by atoms with E-state index in [1.54, 1.807) is 0 Å². The van der Waals surface area contributed by atoms with Crippen molar-refractivity contribution in [2.75, 3.05) is 6.61 Å². The molecule has 0 aliphatic heterocycles. The molecule has 0 unspecified atom stereocenters. The molecule has 2 rings (SSSR count). The summed E-state index contributed by atoms with van der Waals surface area (Å²) in [4.78, 5) is 0. The molecule has 0 saturated carbocycles. The molecule has 0 aromatic heterocycles. The summed E-state index contributed by atoms with van der Waals surface area (Å²) in [5.41, 5.74) is 0. The maximum Gasteiger partial charge on any atom is 0.243 e. The number of para-hydroxylation sites is 2. The highest BCUT2D eigenvalue weighted by Crippen LogP contribution is 2.17. The van der Waals surface area contributed by atoms with Gasteiger partial charge in [0.25, 0.3) is 0 Å². The zero-order chi connectivity index (χ0) is 13.3. The average Bonchev–Trinajstić information content (AvgIpc) is 2.47. The van der Waals surface area contributed by atoms with Crippen LogP contribution >= 0.6 is 0 Å². The Hall–Kier alpha value is -1.78. The molecule has 0 aliphatic carbocycles. The van der Waals surface area contributed by atoms with Crippen molar-refractivity contribution in [1.29, 1.82) is 0 Å². The maximum absolute atomic E-state index is 5.83. The van der Waals surface area contributed by atoms with Gasteiger partial charge in [-0.2, -0.15) is 0 Å². The lowest BCUT2D eigenvalue weighted by molar-refractivity contribution is -0.00877. The fourth-order valence-electron chi connectivity index (χ4n) is 1.66. The van der Waals surface area contributed by atoms with Crippen molar-refractivity contribution < 1.29 is 13.9 Å². The van der Waals surface area contributed by atoms with Crippen LogP contribution in [0, 0.1) is 0 Å². The summed E-state index contributed by atoms with van der Waals surface area (Å²) in [6, 6.07) is 19.4. The summed E-state index contributed by atoms with van der Waals surface area (Å²) >= 11 is 0. The van der Waals surface area contributed by atoms with E-state index < -0.39 is 0 Å². The quantitative estimate of drug-likeness (QED) is 0.572. The molecular formula is C15H18O3Si. The van der Waals surface area contributed by atoms with Gasteiger partial charge in [-0.15, -0.1) is 0 Å². The number of hydrogen-bond donors (Lipinski definition) is 0. The third kappa shape index (κ3) is 4.77. The monoisotopic (exact) mass is 274 g/mol. The van der Waals surface area contributed by atoms with E-state index in [1.807, 2.05) is 60.7 Å². The highest BCUT2D eigenvalue weighted by atomic mass is 28.2. The molecule has 100 valence electrons. The van der Waals surface area contributed by atoms with Crippen molar-refractivity contribution in [3.05, 3.63) is 60.7 Å². The van der Waals surface area contributed by atoms with Crippen LogP contribution in [0.2, 0.25) is 0 Å². The SMILES string of the molecule is [SiH3]OCCC(Oc1ccccc1)Oc1ccccc1. The lowest BCUT2D eigenvalue weighted by atomic mass is 10.3. The average molecular weight is 274 g/mol. The van der Waals surface area contributed by atoms with E-state index in [0.29, 0.717) is 13.0 Å². The minimum atomic E-state index is -0.334. The topological polar surface area (TPSA) is 27.7 Å². The van der Waals surface area contributed by atoms with Gasteiger partial charge in [-0.25, -0.2) is 0 Å². The molecule has 0 saturated heterocycles. The van der Waals surface area contributed by atoms with Crippen LogP contribution < -0.4 is 9.47 Å². The minimum Gasteiger partial charge on any atom is -0.455 e. The van der Waals surface area contributed by atoms with Crippen molar-refractivity contribution in [1.82, 2.24) is 0 Å². The molecule has 0 atom stereocenters. The summed E-state index contributed by atoms with van der Waals surface area (Å²) in [5, 5.41) is 0. The first kappa shape index (κ1) is 13.6. The van der Waals surface area contributed by atoms with Crippen molar-refractivity contribution in [2.45, 2.75) is 12.7 Å². The number of benzene rings is 2. The van der Waals surface area contributed by atoms with Crippen LogP contribution in [0.3, 0.4) is 0 Å². The molecule has 0 radical (unpaired) electrons. The Balaban J connectivity index is 1.99. The van der Waals surface area contributed by atoms with E-state index in [0.717, 1.165) is 22.0 Å². The minimum absolute atomic E-state index is 0.334. The van der Waals surface area contributed by atoms with Crippen LogP contribution in [0.5, 0.6) is 11.5 Å². The summed E-state index contributed by atoms with van der Waals surface area (Å²) in [7, 11) is 0.729. The van der Waals surface area contributed by atoms with E-state index in [4.69, 9.17) is 13.9 Å². The fraction of sp³-hybridized carbons (Fsp3) is 0.200. The lowest BCUT2D eigenvalue weighted by Crippen LogP contribution is -2.25. The Morgan fingerprint density at radius 1 is 0.789 bits per heavy atom. The highest BCUT2D eigenvalue weighted by Gasteiger charge is 2.11. The van der Waals surface area contributed by atoms with Crippen molar-refractivity contribution in [3.8, 4) is 11.5 Å². The molecule has 3 nitrogen and oxygen atoms in total. The molecule has 0 N–H and O–H groups in total. The molecule has 4 heteroatoms. The molecule has 2 aromatic rings. The Morgan fingerprint density at radius 3 is 1.68 bits per heavy atom. The highest BCUT2D eigenvalue weighted by molar-refractivity contribution is 5.97. The molecular weight excluding hydrogens is 256 g/mol. The third-order valence-electron chi connectivity index (χ3n) is 2.58. The van der Waals surface area contributed by atoms with Gasteiger partial charge < -0.3 is 13.9 Å². The number of hydrogen-bond acceptors (Lipinski definition) is 3. The zero-order valence-corrected chi connectivity index (χ0v) is 13.0. The molecule has 0 heterocycles. The van der Waals surface area contributed by atoms with Crippen LogP contribution in [-0.2, 0) is 4.43 Å². The number of rotatable bonds is 7. The first-order valence-corrected chi connectivity index (χ1v) is 7.12. The van der Waals surface area contributed by atoms with Gasteiger partial charge in [0.1, 0.15) is 22.0 Å². The summed E-state index contributed by atoms with van der Waals surface area (Å²) < 4.78 is 16.9. The van der Waals surface area contributed by atoms with Gasteiger partial charge in [0.15, 0.2) is 0 Å². The summed E-state index contributed by atoms with van der Waals surface area (Å²) in [6.07, 6.45) is 0.367. The largest absolute Gasteiger partial charge is 0.455 e. The third-order valence-corrected chi connectivity index (χ3v) is 2.99. The Bertz CT molecular complexity index is 420. The number of ether oxygens (including phenoxy) is 2. The fourth-order valence-corrected chi connectivity index (χ4v) is 1.89. The second kappa shape index (κ2) is 7.61. The van der Waals surface area contributed by atoms with Crippen molar-refractivity contribution in [2.24, 2.45) is 0 Å². The van der Waals surface area contributed by atoms with Crippen molar-refractivity contribution >= 4 is 10.5 Å². The van der Waals surface area contributed by atoms with Crippen molar-refractivity contribution in [3.63, 3.8) is 0 Å². The second-order valence-corrected chi connectivity index (χ2v) is 4.65. The smallest absolute Gasteiger partial charge is 0.243 e. The molecule has 0 amide bonds. The van der Waals surface area contributed by atoms with E-state index in [1.165, 1.54) is 0 Å². The zero-order valence-electron chi connectivity index (χ0n) is 11.0. The van der Waals surface area contributed by atoms with E-state index in [9.17, 15) is 0 Å². The van der Waals surface area contributed by atoms with Crippen LogP contribution in [-0.4, -0.2) is 23.4 Å².